The first kappa shape index (κ1) is 25.2. The van der Waals surface area contributed by atoms with Crippen LogP contribution in [0.15, 0.2) is 77.7 Å². The molecule has 10 heteroatoms. The lowest BCUT2D eigenvalue weighted by Gasteiger charge is -2.19. The Bertz CT molecular complexity index is 1280. The van der Waals surface area contributed by atoms with E-state index in [9.17, 15) is 18.0 Å². The third-order valence-electron chi connectivity index (χ3n) is 4.78. The SMILES string of the molecule is COc1ccc(S(=O)(=O)N[C@@H](Cc2ccccc2)C(=O)Nc2cccc(NC(C)=O)c2)cc1Cl. The van der Waals surface area contributed by atoms with Crippen molar-refractivity contribution in [2.75, 3.05) is 17.7 Å². The van der Waals surface area contributed by atoms with Gasteiger partial charge in [0.1, 0.15) is 11.8 Å². The van der Waals surface area contributed by atoms with Crippen LogP contribution >= 0.6 is 11.6 Å². The fourth-order valence-electron chi connectivity index (χ4n) is 3.21. The number of hydrogen-bond donors (Lipinski definition) is 3. The Morgan fingerprint density at radius 3 is 2.24 bits per heavy atom. The quantitative estimate of drug-likeness (QED) is 0.412. The van der Waals surface area contributed by atoms with Crippen LogP contribution in [0, 0.1) is 0 Å². The van der Waals surface area contributed by atoms with Crippen molar-refractivity contribution in [3.05, 3.63) is 83.4 Å². The molecule has 0 fully saturated rings. The highest BCUT2D eigenvalue weighted by Gasteiger charge is 2.27. The molecule has 3 rings (SSSR count). The summed E-state index contributed by atoms with van der Waals surface area (Å²) in [6, 6.07) is 18.5. The molecule has 0 aromatic heterocycles. The van der Waals surface area contributed by atoms with Crippen LogP contribution in [-0.4, -0.2) is 33.4 Å². The van der Waals surface area contributed by atoms with E-state index in [0.717, 1.165) is 5.56 Å². The third-order valence-corrected chi connectivity index (χ3v) is 6.55. The van der Waals surface area contributed by atoms with Gasteiger partial charge in [0.2, 0.25) is 21.8 Å². The van der Waals surface area contributed by atoms with E-state index in [1.807, 2.05) is 6.07 Å². The van der Waals surface area contributed by atoms with Crippen molar-refractivity contribution >= 4 is 44.8 Å². The molecule has 0 aliphatic heterocycles. The number of nitrogens with one attached hydrogen (secondary N) is 3. The van der Waals surface area contributed by atoms with E-state index in [2.05, 4.69) is 15.4 Å². The number of carbonyl (C=O) groups excluding carboxylic acids is 2. The van der Waals surface area contributed by atoms with Gasteiger partial charge in [-0.3, -0.25) is 9.59 Å². The number of ether oxygens (including phenoxy) is 1. The summed E-state index contributed by atoms with van der Waals surface area (Å²) in [6.45, 7) is 1.38. The van der Waals surface area contributed by atoms with Crippen LogP contribution in [0.25, 0.3) is 0 Å². The largest absolute Gasteiger partial charge is 0.495 e. The Morgan fingerprint density at radius 1 is 0.941 bits per heavy atom. The van der Waals surface area contributed by atoms with E-state index >= 15 is 0 Å². The number of sulfonamides is 1. The third kappa shape index (κ3) is 6.80. The summed E-state index contributed by atoms with van der Waals surface area (Å²) < 4.78 is 33.7. The molecular weight excluding hydrogens is 478 g/mol. The van der Waals surface area contributed by atoms with Gasteiger partial charge in [-0.15, -0.1) is 0 Å². The maximum absolute atomic E-state index is 13.2. The summed E-state index contributed by atoms with van der Waals surface area (Å²) in [7, 11) is -2.67. The molecule has 3 aromatic carbocycles. The molecule has 0 saturated heterocycles. The first-order valence-corrected chi connectivity index (χ1v) is 12.1. The average molecular weight is 502 g/mol. The molecule has 3 N–H and O–H groups in total. The monoisotopic (exact) mass is 501 g/mol. The molecule has 178 valence electrons. The number of anilines is 2. The highest BCUT2D eigenvalue weighted by Crippen LogP contribution is 2.27. The van der Waals surface area contributed by atoms with E-state index in [-0.39, 0.29) is 22.2 Å². The van der Waals surface area contributed by atoms with Crippen molar-refractivity contribution in [1.29, 1.82) is 0 Å². The zero-order valence-corrected chi connectivity index (χ0v) is 20.1. The summed E-state index contributed by atoms with van der Waals surface area (Å²) in [4.78, 5) is 24.4. The van der Waals surface area contributed by atoms with Gasteiger partial charge >= 0.3 is 0 Å². The summed E-state index contributed by atoms with van der Waals surface area (Å²) >= 11 is 6.10. The van der Waals surface area contributed by atoms with Crippen LogP contribution in [0.1, 0.15) is 12.5 Å². The summed E-state index contributed by atoms with van der Waals surface area (Å²) in [6.07, 6.45) is 0.112. The molecule has 0 aliphatic rings. The number of rotatable bonds is 9. The topological polar surface area (TPSA) is 114 Å². The normalized spacial score (nSPS) is 12.0. The minimum atomic E-state index is -4.10. The highest BCUT2D eigenvalue weighted by molar-refractivity contribution is 7.89. The molecule has 0 bridgehead atoms. The van der Waals surface area contributed by atoms with E-state index < -0.39 is 22.0 Å². The fourth-order valence-corrected chi connectivity index (χ4v) is 4.76. The van der Waals surface area contributed by atoms with E-state index in [1.54, 1.807) is 48.5 Å². The lowest BCUT2D eigenvalue weighted by atomic mass is 10.1. The van der Waals surface area contributed by atoms with Gasteiger partial charge in [-0.1, -0.05) is 48.0 Å². The van der Waals surface area contributed by atoms with Crippen LogP contribution in [-0.2, 0) is 26.0 Å². The average Bonchev–Trinajstić information content (AvgIpc) is 2.79. The number of carbonyl (C=O) groups is 2. The molecule has 3 aromatic rings. The lowest BCUT2D eigenvalue weighted by Crippen LogP contribution is -2.45. The van der Waals surface area contributed by atoms with Crippen LogP contribution in [0.5, 0.6) is 5.75 Å². The Hall–Kier alpha value is -3.40. The molecule has 8 nitrogen and oxygen atoms in total. The van der Waals surface area contributed by atoms with Crippen LogP contribution in [0.4, 0.5) is 11.4 Å². The van der Waals surface area contributed by atoms with Crippen molar-refractivity contribution in [3.8, 4) is 5.75 Å². The van der Waals surface area contributed by atoms with Gasteiger partial charge in [-0.25, -0.2) is 8.42 Å². The van der Waals surface area contributed by atoms with Crippen molar-refractivity contribution < 1.29 is 22.7 Å². The van der Waals surface area contributed by atoms with Crippen LogP contribution in [0.3, 0.4) is 0 Å². The maximum atomic E-state index is 13.2. The smallest absolute Gasteiger partial charge is 0.242 e. The minimum absolute atomic E-state index is 0.100. The van der Waals surface area contributed by atoms with Gasteiger partial charge in [0, 0.05) is 18.3 Å². The van der Waals surface area contributed by atoms with E-state index in [1.165, 1.54) is 32.2 Å². The van der Waals surface area contributed by atoms with Crippen LogP contribution in [0.2, 0.25) is 5.02 Å². The highest BCUT2D eigenvalue weighted by atomic mass is 35.5. The summed E-state index contributed by atoms with van der Waals surface area (Å²) in [5, 5.41) is 5.48. The number of benzene rings is 3. The second-order valence-corrected chi connectivity index (χ2v) is 9.53. The van der Waals surface area contributed by atoms with Crippen molar-refractivity contribution in [3.63, 3.8) is 0 Å². The Morgan fingerprint density at radius 2 is 1.62 bits per heavy atom. The van der Waals surface area contributed by atoms with Gasteiger partial charge in [-0.05, 0) is 48.4 Å². The fraction of sp³-hybridized carbons (Fsp3) is 0.167. The molecule has 0 heterocycles. The van der Waals surface area contributed by atoms with Crippen molar-refractivity contribution in [2.45, 2.75) is 24.3 Å². The van der Waals surface area contributed by atoms with Crippen molar-refractivity contribution in [2.24, 2.45) is 0 Å². The summed E-state index contributed by atoms with van der Waals surface area (Å²) in [5.41, 5.74) is 1.67. The number of methoxy groups -OCH3 is 1. The molecule has 2 amide bonds. The van der Waals surface area contributed by atoms with Crippen molar-refractivity contribution in [1.82, 2.24) is 4.72 Å². The number of hydrogen-bond acceptors (Lipinski definition) is 5. The molecule has 0 saturated carbocycles. The second-order valence-electron chi connectivity index (χ2n) is 7.41. The molecule has 0 aliphatic carbocycles. The minimum Gasteiger partial charge on any atom is -0.495 e. The van der Waals surface area contributed by atoms with E-state index in [4.69, 9.17) is 16.3 Å². The maximum Gasteiger partial charge on any atom is 0.242 e. The zero-order valence-electron chi connectivity index (χ0n) is 18.5. The van der Waals surface area contributed by atoms with Crippen LogP contribution < -0.4 is 20.1 Å². The Labute approximate surface area is 203 Å². The number of amides is 2. The molecule has 0 spiro atoms. The standard InChI is InChI=1S/C24H24ClN3O5S/c1-16(29)26-18-9-6-10-19(14-18)27-24(30)22(13-17-7-4-3-5-8-17)28-34(31,32)20-11-12-23(33-2)21(25)15-20/h3-12,14-15,22,28H,13H2,1-2H3,(H,26,29)(H,27,30)/t22-/m0/s1. The molecule has 0 unspecified atom stereocenters. The Kier molecular flexibility index (Phi) is 8.27. The second kappa shape index (κ2) is 11.1. The van der Waals surface area contributed by atoms with Gasteiger partial charge < -0.3 is 15.4 Å². The molecule has 34 heavy (non-hydrogen) atoms. The molecule has 0 radical (unpaired) electrons. The first-order valence-electron chi connectivity index (χ1n) is 10.3. The predicted molar refractivity (Wildman–Crippen MR) is 132 cm³/mol. The summed E-state index contributed by atoms with van der Waals surface area (Å²) in [5.74, 6) is -0.485. The van der Waals surface area contributed by atoms with Gasteiger partial charge in [0.25, 0.3) is 0 Å². The first-order chi connectivity index (χ1) is 16.2. The predicted octanol–water partition coefficient (Wildman–Crippen LogP) is 3.84. The Balaban J connectivity index is 1.87. The van der Waals surface area contributed by atoms with Gasteiger partial charge in [0.15, 0.2) is 0 Å². The zero-order chi connectivity index (χ0) is 24.7. The van der Waals surface area contributed by atoms with Gasteiger partial charge in [0.05, 0.1) is 17.0 Å². The molecular formula is C24H24ClN3O5S. The van der Waals surface area contributed by atoms with E-state index in [0.29, 0.717) is 17.1 Å². The lowest BCUT2D eigenvalue weighted by molar-refractivity contribution is -0.117. The molecule has 1 atom stereocenters. The van der Waals surface area contributed by atoms with Gasteiger partial charge in [-0.2, -0.15) is 4.72 Å². The number of halogens is 1.